The van der Waals surface area contributed by atoms with E-state index in [1.165, 1.54) is 48.5 Å². The molecule has 1 aliphatic rings. The standard InChI is InChI=1S/C23H18ClFN2O4S/c24-17-8-12-19(13-9-17)27-22(28)14-21(23(27)29)26(15-16-6-10-18(25)11-7-16)32(30,31)20-4-2-1-3-5-20/h1-13,21H,14-15H2. The van der Waals surface area contributed by atoms with E-state index in [0.29, 0.717) is 16.3 Å². The van der Waals surface area contributed by atoms with Crippen molar-refractivity contribution in [2.24, 2.45) is 0 Å². The first-order valence-corrected chi connectivity index (χ1v) is 11.5. The first-order chi connectivity index (χ1) is 15.3. The molecule has 0 spiro atoms. The van der Waals surface area contributed by atoms with E-state index in [1.807, 2.05) is 0 Å². The monoisotopic (exact) mass is 472 g/mol. The van der Waals surface area contributed by atoms with Crippen molar-refractivity contribution in [3.05, 3.63) is 95.3 Å². The first-order valence-electron chi connectivity index (χ1n) is 9.71. The molecule has 0 radical (unpaired) electrons. The summed E-state index contributed by atoms with van der Waals surface area (Å²) in [7, 11) is -4.14. The lowest BCUT2D eigenvalue weighted by Gasteiger charge is -2.27. The summed E-state index contributed by atoms with van der Waals surface area (Å²) in [4.78, 5) is 27.0. The highest BCUT2D eigenvalue weighted by Gasteiger charge is 2.46. The second-order valence-electron chi connectivity index (χ2n) is 7.25. The van der Waals surface area contributed by atoms with Crippen molar-refractivity contribution in [1.82, 2.24) is 4.31 Å². The Morgan fingerprint density at radius 3 is 2.19 bits per heavy atom. The van der Waals surface area contributed by atoms with Crippen LogP contribution in [0.25, 0.3) is 0 Å². The van der Waals surface area contributed by atoms with Crippen molar-refractivity contribution in [1.29, 1.82) is 0 Å². The van der Waals surface area contributed by atoms with Gasteiger partial charge in [0.05, 0.1) is 17.0 Å². The van der Waals surface area contributed by atoms with E-state index in [-0.39, 0.29) is 17.9 Å². The molecule has 164 valence electrons. The summed E-state index contributed by atoms with van der Waals surface area (Å²) in [5.41, 5.74) is 0.793. The van der Waals surface area contributed by atoms with Crippen LogP contribution in [0.3, 0.4) is 0 Å². The van der Waals surface area contributed by atoms with Crippen molar-refractivity contribution in [3.8, 4) is 0 Å². The Balaban J connectivity index is 1.74. The predicted molar refractivity (Wildman–Crippen MR) is 118 cm³/mol. The highest BCUT2D eigenvalue weighted by molar-refractivity contribution is 7.89. The molecule has 3 aromatic carbocycles. The molecule has 9 heteroatoms. The number of halogens is 2. The lowest BCUT2D eigenvalue weighted by atomic mass is 10.2. The maximum atomic E-state index is 13.5. The largest absolute Gasteiger partial charge is 0.274 e. The molecular formula is C23H18ClFN2O4S. The minimum atomic E-state index is -4.14. The van der Waals surface area contributed by atoms with Crippen LogP contribution in [0, 0.1) is 5.82 Å². The Morgan fingerprint density at radius 1 is 0.938 bits per heavy atom. The number of sulfonamides is 1. The number of carbonyl (C=O) groups excluding carboxylic acids is 2. The summed E-state index contributed by atoms with van der Waals surface area (Å²) in [5.74, 6) is -1.64. The molecule has 6 nitrogen and oxygen atoms in total. The second-order valence-corrected chi connectivity index (χ2v) is 9.58. The van der Waals surface area contributed by atoms with E-state index in [9.17, 15) is 22.4 Å². The molecule has 0 aliphatic carbocycles. The van der Waals surface area contributed by atoms with Gasteiger partial charge < -0.3 is 0 Å². The molecule has 1 heterocycles. The van der Waals surface area contributed by atoms with Crippen LogP contribution >= 0.6 is 11.6 Å². The van der Waals surface area contributed by atoms with E-state index in [2.05, 4.69) is 0 Å². The van der Waals surface area contributed by atoms with Gasteiger partial charge in [-0.1, -0.05) is 41.9 Å². The molecule has 1 fully saturated rings. The van der Waals surface area contributed by atoms with Gasteiger partial charge in [0.15, 0.2) is 0 Å². The Labute approximate surface area is 189 Å². The third kappa shape index (κ3) is 4.29. The minimum absolute atomic E-state index is 0.00713. The molecule has 1 saturated heterocycles. The number of hydrogen-bond acceptors (Lipinski definition) is 4. The highest BCUT2D eigenvalue weighted by Crippen LogP contribution is 2.31. The van der Waals surface area contributed by atoms with E-state index in [4.69, 9.17) is 11.6 Å². The molecule has 0 N–H and O–H groups in total. The third-order valence-corrected chi connectivity index (χ3v) is 7.28. The van der Waals surface area contributed by atoms with Crippen LogP contribution < -0.4 is 4.90 Å². The van der Waals surface area contributed by atoms with Gasteiger partial charge in [0.1, 0.15) is 11.9 Å². The predicted octanol–water partition coefficient (Wildman–Crippen LogP) is 4.00. The second kappa shape index (κ2) is 8.82. The van der Waals surface area contributed by atoms with Crippen molar-refractivity contribution < 1.29 is 22.4 Å². The van der Waals surface area contributed by atoms with E-state index in [1.54, 1.807) is 30.3 Å². The zero-order valence-corrected chi connectivity index (χ0v) is 18.3. The first kappa shape index (κ1) is 22.1. The molecule has 1 unspecified atom stereocenters. The SMILES string of the molecule is O=C1CC(N(Cc2ccc(F)cc2)S(=O)(=O)c2ccccc2)C(=O)N1c1ccc(Cl)cc1. The molecule has 1 aliphatic heterocycles. The number of hydrogen-bond donors (Lipinski definition) is 0. The number of nitrogens with zero attached hydrogens (tertiary/aromatic N) is 2. The number of benzene rings is 3. The van der Waals surface area contributed by atoms with Gasteiger partial charge in [-0.25, -0.2) is 17.7 Å². The zero-order valence-electron chi connectivity index (χ0n) is 16.7. The Kier molecular flexibility index (Phi) is 6.10. The summed E-state index contributed by atoms with van der Waals surface area (Å²) >= 11 is 5.90. The van der Waals surface area contributed by atoms with E-state index >= 15 is 0 Å². The number of rotatable bonds is 6. The maximum Gasteiger partial charge on any atom is 0.252 e. The average molecular weight is 473 g/mol. The fourth-order valence-corrected chi connectivity index (χ4v) is 5.28. The van der Waals surface area contributed by atoms with Gasteiger partial charge in [-0.3, -0.25) is 9.59 Å². The lowest BCUT2D eigenvalue weighted by molar-refractivity contribution is -0.122. The van der Waals surface area contributed by atoms with Gasteiger partial charge in [0.2, 0.25) is 15.9 Å². The summed E-state index contributed by atoms with van der Waals surface area (Å²) < 4.78 is 41.3. The number of anilines is 1. The zero-order chi connectivity index (χ0) is 22.9. The summed E-state index contributed by atoms with van der Waals surface area (Å²) in [6, 6.07) is 17.9. The Hall–Kier alpha value is -3.07. The summed E-state index contributed by atoms with van der Waals surface area (Å²) in [6.45, 7) is -0.199. The van der Waals surface area contributed by atoms with Gasteiger partial charge in [0.25, 0.3) is 5.91 Å². The number of carbonyl (C=O) groups is 2. The summed E-state index contributed by atoms with van der Waals surface area (Å²) in [5, 5.41) is 0.439. The van der Waals surface area contributed by atoms with Crippen LogP contribution in [0.5, 0.6) is 0 Å². The minimum Gasteiger partial charge on any atom is -0.274 e. The van der Waals surface area contributed by atoms with Crippen LogP contribution in [0.2, 0.25) is 5.02 Å². The number of imide groups is 1. The Bertz CT molecular complexity index is 1250. The molecule has 0 bridgehead atoms. The van der Waals surface area contributed by atoms with Gasteiger partial charge in [-0.15, -0.1) is 0 Å². The average Bonchev–Trinajstić information content (AvgIpc) is 3.08. The van der Waals surface area contributed by atoms with Gasteiger partial charge in [-0.05, 0) is 54.1 Å². The van der Waals surface area contributed by atoms with E-state index < -0.39 is 33.7 Å². The number of amides is 2. The molecule has 2 amide bonds. The van der Waals surface area contributed by atoms with Crippen LogP contribution in [-0.4, -0.2) is 30.6 Å². The van der Waals surface area contributed by atoms with Crippen LogP contribution in [0.4, 0.5) is 10.1 Å². The van der Waals surface area contributed by atoms with Crippen LogP contribution in [0.15, 0.2) is 83.8 Å². The van der Waals surface area contributed by atoms with Crippen LogP contribution in [-0.2, 0) is 26.2 Å². The van der Waals surface area contributed by atoms with Crippen molar-refractivity contribution in [2.45, 2.75) is 23.9 Å². The fraction of sp³-hybridized carbons (Fsp3) is 0.130. The van der Waals surface area contributed by atoms with Gasteiger partial charge in [0, 0.05) is 11.6 Å². The topological polar surface area (TPSA) is 74.8 Å². The van der Waals surface area contributed by atoms with Crippen molar-refractivity contribution >= 4 is 39.1 Å². The van der Waals surface area contributed by atoms with Gasteiger partial charge in [-0.2, -0.15) is 4.31 Å². The summed E-state index contributed by atoms with van der Waals surface area (Å²) in [6.07, 6.45) is -0.311. The fourth-order valence-electron chi connectivity index (χ4n) is 3.56. The van der Waals surface area contributed by atoms with E-state index in [0.717, 1.165) is 9.21 Å². The highest BCUT2D eigenvalue weighted by atomic mass is 35.5. The molecule has 3 aromatic rings. The third-order valence-electron chi connectivity index (χ3n) is 5.16. The lowest BCUT2D eigenvalue weighted by Crippen LogP contribution is -2.45. The van der Waals surface area contributed by atoms with Crippen molar-refractivity contribution in [3.63, 3.8) is 0 Å². The normalized spacial score (nSPS) is 16.7. The molecule has 0 aromatic heterocycles. The maximum absolute atomic E-state index is 13.5. The molecule has 32 heavy (non-hydrogen) atoms. The van der Waals surface area contributed by atoms with Gasteiger partial charge >= 0.3 is 0 Å². The van der Waals surface area contributed by atoms with Crippen LogP contribution in [0.1, 0.15) is 12.0 Å². The van der Waals surface area contributed by atoms with Crippen molar-refractivity contribution in [2.75, 3.05) is 4.90 Å². The quantitative estimate of drug-likeness (QED) is 0.508. The molecular weight excluding hydrogens is 455 g/mol. The molecule has 1 atom stereocenters. The Morgan fingerprint density at radius 2 is 1.56 bits per heavy atom. The molecule has 4 rings (SSSR count). The smallest absolute Gasteiger partial charge is 0.252 e. The molecule has 0 saturated carbocycles.